The summed E-state index contributed by atoms with van der Waals surface area (Å²) in [4.78, 5) is 44.5. The van der Waals surface area contributed by atoms with Gasteiger partial charge in [0.15, 0.2) is 0 Å². The lowest BCUT2D eigenvalue weighted by Gasteiger charge is -2.38. The average molecular weight is 633 g/mol. The van der Waals surface area contributed by atoms with Gasteiger partial charge in [-0.1, -0.05) is 49.6 Å². The first-order valence-corrected chi connectivity index (χ1v) is 18.1. The summed E-state index contributed by atoms with van der Waals surface area (Å²) in [5.74, 6) is 2.08. The summed E-state index contributed by atoms with van der Waals surface area (Å²) in [6.45, 7) is 12.4. The topological polar surface area (TPSA) is 91.0 Å². The first kappa shape index (κ1) is 34.0. The van der Waals surface area contributed by atoms with Crippen molar-refractivity contribution in [1.29, 1.82) is 0 Å². The third-order valence-electron chi connectivity index (χ3n) is 8.66. The summed E-state index contributed by atoms with van der Waals surface area (Å²) in [6, 6.07) is 9.16. The van der Waals surface area contributed by atoms with Crippen LogP contribution >= 0.6 is 23.5 Å². The Labute approximate surface area is 267 Å². The van der Waals surface area contributed by atoms with E-state index in [1.54, 1.807) is 11.8 Å². The third kappa shape index (κ3) is 10.3. The van der Waals surface area contributed by atoms with Crippen molar-refractivity contribution >= 4 is 41.4 Å². The van der Waals surface area contributed by atoms with Gasteiger partial charge >= 0.3 is 6.09 Å². The van der Waals surface area contributed by atoms with Crippen LogP contribution in [0.15, 0.2) is 30.3 Å². The maximum absolute atomic E-state index is 14.0. The Morgan fingerprint density at radius 1 is 1.00 bits per heavy atom. The van der Waals surface area contributed by atoms with Crippen LogP contribution in [-0.4, -0.2) is 86.7 Å². The first-order chi connectivity index (χ1) is 20.4. The standard InChI is InChI=1S/C33H52N4O4S2/c1-32(2,3)41-31(40)37-23-42-22-27(37)29(38)35-28(33(4,5)43-21-25-14-10-7-11-15-25)30(39)34-26-16-18-36(19-17-26)20-24-12-8-6-9-13-24/h6,8-9,12-13,25-28H,7,10-11,14-23H2,1-5H3,(H,34,39)(H,35,38)/t27-,28+/m0/s1. The molecule has 2 aliphatic heterocycles. The van der Waals surface area contributed by atoms with Crippen molar-refractivity contribution in [3.63, 3.8) is 0 Å². The molecule has 10 heteroatoms. The van der Waals surface area contributed by atoms with Gasteiger partial charge in [-0.05, 0) is 77.5 Å². The molecule has 0 aromatic heterocycles. The monoisotopic (exact) mass is 632 g/mol. The van der Waals surface area contributed by atoms with Gasteiger partial charge in [-0.25, -0.2) is 4.79 Å². The Kier molecular flexibility index (Phi) is 12.2. The van der Waals surface area contributed by atoms with Crippen LogP contribution in [0.5, 0.6) is 0 Å². The molecule has 4 rings (SSSR count). The van der Waals surface area contributed by atoms with Gasteiger partial charge in [-0.3, -0.25) is 19.4 Å². The summed E-state index contributed by atoms with van der Waals surface area (Å²) in [5.41, 5.74) is 0.650. The van der Waals surface area contributed by atoms with Gasteiger partial charge in [0.1, 0.15) is 17.7 Å². The molecular formula is C33H52N4O4S2. The Balaban J connectivity index is 1.40. The van der Waals surface area contributed by atoms with Crippen molar-refractivity contribution in [3.05, 3.63) is 35.9 Å². The number of ether oxygens (including phenoxy) is 1. The zero-order chi connectivity index (χ0) is 31.0. The van der Waals surface area contributed by atoms with Crippen LogP contribution in [0.25, 0.3) is 0 Å². The molecule has 0 radical (unpaired) electrons. The average Bonchev–Trinajstić information content (AvgIpc) is 3.47. The fourth-order valence-electron chi connectivity index (χ4n) is 6.09. The van der Waals surface area contributed by atoms with Crippen LogP contribution in [0.1, 0.15) is 85.1 Å². The van der Waals surface area contributed by atoms with Crippen LogP contribution in [0, 0.1) is 5.92 Å². The predicted octanol–water partition coefficient (Wildman–Crippen LogP) is 5.65. The highest BCUT2D eigenvalue weighted by Crippen LogP contribution is 2.35. The molecule has 1 aromatic rings. The van der Waals surface area contributed by atoms with E-state index in [2.05, 4.69) is 53.6 Å². The Hall–Kier alpha value is -1.91. The van der Waals surface area contributed by atoms with Gasteiger partial charge in [0, 0.05) is 36.2 Å². The summed E-state index contributed by atoms with van der Waals surface area (Å²) in [5, 5.41) is 6.42. The second-order valence-electron chi connectivity index (χ2n) is 13.9. The number of hydrogen-bond acceptors (Lipinski definition) is 7. The van der Waals surface area contributed by atoms with E-state index in [4.69, 9.17) is 4.74 Å². The van der Waals surface area contributed by atoms with Crippen LogP contribution in [0.2, 0.25) is 0 Å². The highest BCUT2D eigenvalue weighted by atomic mass is 32.2. The zero-order valence-electron chi connectivity index (χ0n) is 26.7. The second kappa shape index (κ2) is 15.4. The minimum atomic E-state index is -0.720. The van der Waals surface area contributed by atoms with Gasteiger partial charge in [0.05, 0.1) is 5.88 Å². The molecule has 2 N–H and O–H groups in total. The maximum atomic E-state index is 14.0. The Morgan fingerprint density at radius 2 is 1.67 bits per heavy atom. The zero-order valence-corrected chi connectivity index (χ0v) is 28.4. The number of amides is 3. The molecule has 240 valence electrons. The number of likely N-dealkylation sites (tertiary alicyclic amines) is 1. The van der Waals surface area contributed by atoms with Gasteiger partial charge in [0.25, 0.3) is 0 Å². The normalized spacial score (nSPS) is 21.8. The molecule has 0 spiro atoms. The molecule has 1 aromatic carbocycles. The molecule has 2 saturated heterocycles. The highest BCUT2D eigenvalue weighted by molar-refractivity contribution is 8.00. The lowest BCUT2D eigenvalue weighted by Crippen LogP contribution is -2.61. The van der Waals surface area contributed by atoms with E-state index in [-0.39, 0.29) is 17.9 Å². The number of benzene rings is 1. The number of carbonyl (C=O) groups excluding carboxylic acids is 3. The molecule has 43 heavy (non-hydrogen) atoms. The lowest BCUT2D eigenvalue weighted by atomic mass is 9.91. The number of nitrogens with zero attached hydrogens (tertiary/aromatic N) is 2. The molecule has 1 saturated carbocycles. The molecule has 3 fully saturated rings. The molecular weight excluding hydrogens is 581 g/mol. The fraction of sp³-hybridized carbons (Fsp3) is 0.727. The van der Waals surface area contributed by atoms with Crippen LogP contribution in [0.3, 0.4) is 0 Å². The smallest absolute Gasteiger partial charge is 0.411 e. The van der Waals surface area contributed by atoms with Crippen molar-refractivity contribution in [3.8, 4) is 0 Å². The number of rotatable bonds is 10. The van der Waals surface area contributed by atoms with Crippen molar-refractivity contribution < 1.29 is 19.1 Å². The highest BCUT2D eigenvalue weighted by Gasteiger charge is 2.43. The van der Waals surface area contributed by atoms with Crippen LogP contribution in [-0.2, 0) is 20.9 Å². The second-order valence-corrected chi connectivity index (χ2v) is 16.5. The summed E-state index contributed by atoms with van der Waals surface area (Å²) >= 11 is 3.32. The van der Waals surface area contributed by atoms with Crippen LogP contribution < -0.4 is 10.6 Å². The van der Waals surface area contributed by atoms with Crippen molar-refractivity contribution in [2.24, 2.45) is 5.92 Å². The Morgan fingerprint density at radius 3 is 2.33 bits per heavy atom. The number of hydrogen-bond donors (Lipinski definition) is 2. The molecule has 3 amide bonds. The van der Waals surface area contributed by atoms with Gasteiger partial charge in [0.2, 0.25) is 11.8 Å². The molecule has 3 aliphatic rings. The summed E-state index contributed by atoms with van der Waals surface area (Å²) in [7, 11) is 0. The minimum Gasteiger partial charge on any atom is -0.444 e. The van der Waals surface area contributed by atoms with Crippen molar-refractivity contribution in [1.82, 2.24) is 20.4 Å². The van der Waals surface area contributed by atoms with E-state index in [9.17, 15) is 14.4 Å². The molecule has 0 bridgehead atoms. The Bertz CT molecular complexity index is 1070. The van der Waals surface area contributed by atoms with Crippen LogP contribution in [0.4, 0.5) is 4.79 Å². The van der Waals surface area contributed by atoms with E-state index < -0.39 is 28.5 Å². The quantitative estimate of drug-likeness (QED) is 0.344. The van der Waals surface area contributed by atoms with E-state index >= 15 is 0 Å². The largest absolute Gasteiger partial charge is 0.444 e. The van der Waals surface area contributed by atoms with Gasteiger partial charge in [-0.15, -0.1) is 11.8 Å². The molecule has 2 atom stereocenters. The van der Waals surface area contributed by atoms with E-state index in [1.165, 1.54) is 54.3 Å². The van der Waals surface area contributed by atoms with E-state index in [0.29, 0.717) is 17.5 Å². The molecule has 0 unspecified atom stereocenters. The molecule has 2 heterocycles. The number of nitrogens with one attached hydrogen (secondary N) is 2. The first-order valence-electron chi connectivity index (χ1n) is 16.0. The maximum Gasteiger partial charge on any atom is 0.411 e. The van der Waals surface area contributed by atoms with Gasteiger partial charge < -0.3 is 15.4 Å². The number of piperidine rings is 1. The SMILES string of the molecule is CC(C)(C)OC(=O)N1CSC[C@H]1C(=O)N[C@H](C(=O)NC1CCN(Cc2ccccc2)CC1)C(C)(C)SCC1CCCCC1. The lowest BCUT2D eigenvalue weighted by molar-refractivity contribution is -0.132. The molecule has 1 aliphatic carbocycles. The van der Waals surface area contributed by atoms with E-state index in [0.717, 1.165) is 38.2 Å². The molecule has 8 nitrogen and oxygen atoms in total. The number of carbonyl (C=O) groups is 3. The third-order valence-corrected chi connectivity index (χ3v) is 11.3. The summed E-state index contributed by atoms with van der Waals surface area (Å²) in [6.07, 6.45) is 7.58. The number of thioether (sulfide) groups is 2. The van der Waals surface area contributed by atoms with Crippen molar-refractivity contribution in [2.45, 2.75) is 115 Å². The minimum absolute atomic E-state index is 0.0679. The fourth-order valence-corrected chi connectivity index (χ4v) is 8.56. The van der Waals surface area contributed by atoms with Gasteiger partial charge in [-0.2, -0.15) is 11.8 Å². The predicted molar refractivity (Wildman–Crippen MR) is 177 cm³/mol. The summed E-state index contributed by atoms with van der Waals surface area (Å²) < 4.78 is 5.06. The van der Waals surface area contributed by atoms with Crippen molar-refractivity contribution in [2.75, 3.05) is 30.5 Å². The van der Waals surface area contributed by atoms with E-state index in [1.807, 2.05) is 26.8 Å².